The van der Waals surface area contributed by atoms with Crippen molar-refractivity contribution < 1.29 is 5.11 Å². The summed E-state index contributed by atoms with van der Waals surface area (Å²) in [6.07, 6.45) is 6.07. The Bertz CT molecular complexity index is 232. The fourth-order valence-corrected chi connectivity index (χ4v) is 4.21. The molecule has 2 fully saturated rings. The minimum absolute atomic E-state index is 0.359. The maximum atomic E-state index is 9.92. The van der Waals surface area contributed by atoms with Crippen LogP contribution in [0.25, 0.3) is 0 Å². The van der Waals surface area contributed by atoms with Crippen molar-refractivity contribution >= 4 is 0 Å². The minimum Gasteiger partial charge on any atom is -0.390 e. The molecule has 0 aromatic carbocycles. The third-order valence-electron chi connectivity index (χ3n) is 4.93. The molecule has 1 nitrogen and oxygen atoms in total. The van der Waals surface area contributed by atoms with E-state index in [2.05, 4.69) is 20.8 Å². The molecule has 0 aromatic rings. The van der Waals surface area contributed by atoms with Gasteiger partial charge in [-0.1, -0.05) is 20.8 Å². The summed E-state index contributed by atoms with van der Waals surface area (Å²) in [5.74, 6) is 0.861. The van der Waals surface area contributed by atoms with Crippen LogP contribution in [0.5, 0.6) is 0 Å². The highest BCUT2D eigenvalue weighted by atomic mass is 16.3. The second-order valence-corrected chi connectivity index (χ2v) is 6.65. The monoisotopic (exact) mass is 196 g/mol. The van der Waals surface area contributed by atoms with Crippen LogP contribution in [0, 0.1) is 16.7 Å². The molecule has 0 radical (unpaired) electrons. The average molecular weight is 196 g/mol. The first kappa shape index (κ1) is 10.5. The van der Waals surface area contributed by atoms with Gasteiger partial charge in [-0.2, -0.15) is 0 Å². The molecule has 14 heavy (non-hydrogen) atoms. The molecule has 0 bridgehead atoms. The molecule has 2 aliphatic carbocycles. The van der Waals surface area contributed by atoms with Crippen LogP contribution >= 0.6 is 0 Å². The van der Waals surface area contributed by atoms with Crippen molar-refractivity contribution in [1.29, 1.82) is 0 Å². The Morgan fingerprint density at radius 1 is 1.21 bits per heavy atom. The molecule has 0 amide bonds. The molecule has 2 saturated carbocycles. The van der Waals surface area contributed by atoms with E-state index in [1.807, 2.05) is 6.92 Å². The van der Waals surface area contributed by atoms with Gasteiger partial charge in [0.25, 0.3) is 0 Å². The van der Waals surface area contributed by atoms with E-state index >= 15 is 0 Å². The van der Waals surface area contributed by atoms with E-state index in [1.165, 1.54) is 19.3 Å². The van der Waals surface area contributed by atoms with E-state index in [9.17, 15) is 5.11 Å². The maximum Gasteiger partial charge on any atom is 0.0630 e. The van der Waals surface area contributed by atoms with Gasteiger partial charge in [0.1, 0.15) is 0 Å². The van der Waals surface area contributed by atoms with Crippen LogP contribution in [-0.4, -0.2) is 10.7 Å². The van der Waals surface area contributed by atoms with E-state index in [0.29, 0.717) is 10.8 Å². The van der Waals surface area contributed by atoms with E-state index in [4.69, 9.17) is 0 Å². The lowest BCUT2D eigenvalue weighted by atomic mass is 9.42. The molecule has 1 unspecified atom stereocenters. The van der Waals surface area contributed by atoms with Gasteiger partial charge in [0.15, 0.2) is 0 Å². The Kier molecular flexibility index (Phi) is 2.06. The van der Waals surface area contributed by atoms with Gasteiger partial charge in [-0.15, -0.1) is 0 Å². The highest BCUT2D eigenvalue weighted by molar-refractivity contribution is 5.10. The number of hydrogen-bond acceptors (Lipinski definition) is 1. The second-order valence-electron chi connectivity index (χ2n) is 6.65. The summed E-state index contributed by atoms with van der Waals surface area (Å²) in [7, 11) is 0. The first-order valence-corrected chi connectivity index (χ1v) is 6.04. The van der Waals surface area contributed by atoms with Crippen molar-refractivity contribution in [3.63, 3.8) is 0 Å². The summed E-state index contributed by atoms with van der Waals surface area (Å²) in [5.41, 5.74) is 0.652. The third kappa shape index (κ3) is 1.32. The minimum atomic E-state index is -0.359. The zero-order valence-electron chi connectivity index (χ0n) is 10.1. The Morgan fingerprint density at radius 3 is 2.00 bits per heavy atom. The van der Waals surface area contributed by atoms with Gasteiger partial charge in [0, 0.05) is 0 Å². The van der Waals surface area contributed by atoms with Gasteiger partial charge in [-0.05, 0) is 55.8 Å². The molecule has 1 N–H and O–H groups in total. The van der Waals surface area contributed by atoms with Crippen LogP contribution in [0.1, 0.15) is 59.8 Å². The summed E-state index contributed by atoms with van der Waals surface area (Å²) in [6, 6.07) is 0. The Morgan fingerprint density at radius 2 is 1.79 bits per heavy atom. The standard InChI is InChI=1S/C13H24O/c1-5-13(8-12(4,14)9-13)10-6-7-11(10,2)3/h10,14H,5-9H2,1-4H3. The van der Waals surface area contributed by atoms with Crippen molar-refractivity contribution in [1.82, 2.24) is 0 Å². The molecule has 0 aromatic heterocycles. The fraction of sp³-hybridized carbons (Fsp3) is 1.00. The van der Waals surface area contributed by atoms with Crippen molar-refractivity contribution in [3.8, 4) is 0 Å². The first-order chi connectivity index (χ1) is 6.31. The van der Waals surface area contributed by atoms with Crippen molar-refractivity contribution in [2.24, 2.45) is 16.7 Å². The van der Waals surface area contributed by atoms with E-state index in [1.54, 1.807) is 0 Å². The van der Waals surface area contributed by atoms with Gasteiger partial charge in [-0.3, -0.25) is 0 Å². The smallest absolute Gasteiger partial charge is 0.0630 e. The average Bonchev–Trinajstić information content (AvgIpc) is 1.98. The normalized spacial score (nSPS) is 50.8. The predicted octanol–water partition coefficient (Wildman–Crippen LogP) is 3.36. The number of rotatable bonds is 2. The lowest BCUT2D eigenvalue weighted by Crippen LogP contribution is -2.59. The molecular weight excluding hydrogens is 172 g/mol. The zero-order chi connectivity index (χ0) is 10.6. The van der Waals surface area contributed by atoms with Gasteiger partial charge in [0.2, 0.25) is 0 Å². The molecule has 1 heteroatoms. The summed E-state index contributed by atoms with van der Waals surface area (Å²) in [6.45, 7) is 9.08. The van der Waals surface area contributed by atoms with Crippen LogP contribution < -0.4 is 0 Å². The molecule has 2 rings (SSSR count). The molecule has 2 aliphatic rings. The highest BCUT2D eigenvalue weighted by Crippen LogP contribution is 2.65. The van der Waals surface area contributed by atoms with Crippen LogP contribution in [0.3, 0.4) is 0 Å². The van der Waals surface area contributed by atoms with Crippen LogP contribution in [0.15, 0.2) is 0 Å². The van der Waals surface area contributed by atoms with Gasteiger partial charge in [-0.25, -0.2) is 0 Å². The number of hydrogen-bond donors (Lipinski definition) is 1. The van der Waals surface area contributed by atoms with Crippen molar-refractivity contribution in [2.45, 2.75) is 65.4 Å². The summed E-state index contributed by atoms with van der Waals surface area (Å²) in [5, 5.41) is 9.92. The lowest BCUT2D eigenvalue weighted by Gasteiger charge is -2.64. The summed E-state index contributed by atoms with van der Waals surface area (Å²) in [4.78, 5) is 0. The number of aliphatic hydroxyl groups is 1. The summed E-state index contributed by atoms with van der Waals surface area (Å²) < 4.78 is 0. The Balaban J connectivity index is 2.09. The SMILES string of the molecule is CCC1(C2CCC2(C)C)CC(C)(O)C1. The Hall–Kier alpha value is -0.0400. The molecule has 0 aliphatic heterocycles. The topological polar surface area (TPSA) is 20.2 Å². The lowest BCUT2D eigenvalue weighted by molar-refractivity contribution is -0.191. The van der Waals surface area contributed by atoms with Crippen LogP contribution in [0.4, 0.5) is 0 Å². The molecule has 0 saturated heterocycles. The maximum absolute atomic E-state index is 9.92. The van der Waals surface area contributed by atoms with Gasteiger partial charge >= 0.3 is 0 Å². The molecular formula is C13H24O. The van der Waals surface area contributed by atoms with Gasteiger partial charge < -0.3 is 5.11 Å². The molecule has 1 atom stereocenters. The van der Waals surface area contributed by atoms with Crippen molar-refractivity contribution in [2.75, 3.05) is 0 Å². The van der Waals surface area contributed by atoms with Crippen LogP contribution in [0.2, 0.25) is 0 Å². The zero-order valence-corrected chi connectivity index (χ0v) is 10.1. The second kappa shape index (κ2) is 2.75. The Labute approximate surface area is 87.9 Å². The molecule has 0 spiro atoms. The third-order valence-corrected chi connectivity index (χ3v) is 4.93. The molecule has 0 heterocycles. The largest absolute Gasteiger partial charge is 0.390 e. The fourth-order valence-electron chi connectivity index (χ4n) is 4.21. The quantitative estimate of drug-likeness (QED) is 0.718. The van der Waals surface area contributed by atoms with E-state index < -0.39 is 0 Å². The first-order valence-electron chi connectivity index (χ1n) is 6.04. The van der Waals surface area contributed by atoms with E-state index in [-0.39, 0.29) is 5.60 Å². The highest BCUT2D eigenvalue weighted by Gasteiger charge is 2.59. The molecule has 82 valence electrons. The van der Waals surface area contributed by atoms with Gasteiger partial charge in [0.05, 0.1) is 5.60 Å². The van der Waals surface area contributed by atoms with Crippen molar-refractivity contribution in [3.05, 3.63) is 0 Å². The van der Waals surface area contributed by atoms with E-state index in [0.717, 1.165) is 18.8 Å². The van der Waals surface area contributed by atoms with Crippen LogP contribution in [-0.2, 0) is 0 Å². The predicted molar refractivity (Wildman–Crippen MR) is 59.1 cm³/mol. The summed E-state index contributed by atoms with van der Waals surface area (Å²) >= 11 is 0.